The number of benzene rings is 2. The first-order chi connectivity index (χ1) is 17.8. The number of esters is 1. The number of pyridine rings is 1. The number of carbonyl (C=O) groups excluding carboxylic acids is 1. The summed E-state index contributed by atoms with van der Waals surface area (Å²) in [5, 5.41) is 3.05. The summed E-state index contributed by atoms with van der Waals surface area (Å²) in [6.07, 6.45) is 1.58. The topological polar surface area (TPSA) is 143 Å². The first-order valence-corrected chi connectivity index (χ1v) is 11.4. The van der Waals surface area contributed by atoms with Crippen LogP contribution < -0.4 is 31.9 Å². The average molecular weight is 503 g/mol. The van der Waals surface area contributed by atoms with Crippen molar-refractivity contribution < 1.29 is 14.3 Å². The minimum Gasteiger partial charge on any atom is -0.497 e. The number of ether oxygens (including phenoxy) is 2. The Morgan fingerprint density at radius 2 is 1.57 bits per heavy atom. The van der Waals surface area contributed by atoms with Gasteiger partial charge in [-0.05, 0) is 41.5 Å². The lowest BCUT2D eigenvalue weighted by atomic mass is 10.2. The maximum atomic E-state index is 13.5. The van der Waals surface area contributed by atoms with Gasteiger partial charge in [-0.15, -0.1) is 0 Å². The minimum absolute atomic E-state index is 0.0376. The largest absolute Gasteiger partial charge is 0.497 e. The molecule has 0 unspecified atom stereocenters. The lowest BCUT2D eigenvalue weighted by molar-refractivity contribution is -0.131. The van der Waals surface area contributed by atoms with E-state index in [9.17, 15) is 14.4 Å². The zero-order chi connectivity index (χ0) is 26.4. The zero-order valence-electron chi connectivity index (χ0n) is 20.4. The molecule has 190 valence electrons. The minimum atomic E-state index is -0.691. The van der Waals surface area contributed by atoms with Crippen molar-refractivity contribution in [2.24, 2.45) is 0 Å². The van der Waals surface area contributed by atoms with Crippen LogP contribution in [-0.2, 0) is 24.4 Å². The van der Waals surface area contributed by atoms with Crippen LogP contribution in [0.15, 0.2) is 76.4 Å². The van der Waals surface area contributed by atoms with Crippen LogP contribution in [0, 0.1) is 0 Å². The summed E-state index contributed by atoms with van der Waals surface area (Å²) >= 11 is 0. The molecular weight excluding hydrogens is 476 g/mol. The molecule has 4 aromatic rings. The third-order valence-electron chi connectivity index (χ3n) is 5.54. The third kappa shape index (κ3) is 6.20. The third-order valence-corrected chi connectivity index (χ3v) is 5.54. The molecule has 2 aromatic carbocycles. The van der Waals surface area contributed by atoms with E-state index in [0.717, 1.165) is 15.7 Å². The second-order valence-corrected chi connectivity index (χ2v) is 8.16. The number of anilines is 2. The van der Waals surface area contributed by atoms with Crippen molar-refractivity contribution in [3.8, 4) is 11.5 Å². The second kappa shape index (κ2) is 11.2. The van der Waals surface area contributed by atoms with Gasteiger partial charge in [0.15, 0.2) is 0 Å². The highest BCUT2D eigenvalue weighted by molar-refractivity contribution is 5.69. The summed E-state index contributed by atoms with van der Waals surface area (Å²) in [6, 6.07) is 17.3. The molecule has 0 spiro atoms. The summed E-state index contributed by atoms with van der Waals surface area (Å²) in [5.74, 6) is 1.04. The van der Waals surface area contributed by atoms with Gasteiger partial charge < -0.3 is 20.5 Å². The summed E-state index contributed by atoms with van der Waals surface area (Å²) in [7, 11) is 1.56. The van der Waals surface area contributed by atoms with Crippen LogP contribution in [0.5, 0.6) is 11.5 Å². The van der Waals surface area contributed by atoms with Gasteiger partial charge in [-0.25, -0.2) is 19.1 Å². The van der Waals surface area contributed by atoms with Crippen LogP contribution in [0.1, 0.15) is 23.6 Å². The summed E-state index contributed by atoms with van der Waals surface area (Å²) < 4.78 is 12.7. The zero-order valence-corrected chi connectivity index (χ0v) is 20.4. The van der Waals surface area contributed by atoms with E-state index in [4.69, 9.17) is 15.2 Å². The average Bonchev–Trinajstić information content (AvgIpc) is 2.89. The quantitative estimate of drug-likeness (QED) is 0.259. The molecule has 2 heterocycles. The van der Waals surface area contributed by atoms with Crippen molar-refractivity contribution in [1.82, 2.24) is 19.1 Å². The van der Waals surface area contributed by atoms with Crippen LogP contribution in [-0.4, -0.2) is 32.2 Å². The molecule has 0 aliphatic heterocycles. The molecule has 0 saturated heterocycles. The smallest absolute Gasteiger partial charge is 0.355 e. The number of nitrogens with one attached hydrogen (secondary N) is 1. The molecule has 0 bridgehead atoms. The highest BCUT2D eigenvalue weighted by Crippen LogP contribution is 2.15. The Bertz CT molecular complexity index is 1510. The molecule has 0 saturated carbocycles. The molecular formula is C26H26N6O5. The Morgan fingerprint density at radius 1 is 0.946 bits per heavy atom. The molecule has 0 aliphatic carbocycles. The van der Waals surface area contributed by atoms with E-state index in [-0.39, 0.29) is 25.6 Å². The number of carbonyl (C=O) groups is 1. The van der Waals surface area contributed by atoms with Crippen molar-refractivity contribution in [2.75, 3.05) is 18.2 Å². The van der Waals surface area contributed by atoms with E-state index in [1.165, 1.54) is 11.5 Å². The van der Waals surface area contributed by atoms with Gasteiger partial charge in [0.05, 0.1) is 20.2 Å². The standard InChI is InChI=1S/C26H26N6O5/c1-17(33)37-22-11-7-18(8-12-22)15-31-24(29-14-20-4-3-13-28-23(20)27)30-25(34)32(26(31)35)16-19-5-9-21(36-2)10-6-19/h3-13H,14-16H2,1-2H3,(H2,27,28)(H,29,30,34). The highest BCUT2D eigenvalue weighted by Gasteiger charge is 2.15. The fraction of sp³-hybridized carbons (Fsp3) is 0.192. The molecule has 11 heteroatoms. The predicted octanol–water partition coefficient (Wildman–Crippen LogP) is 2.02. The van der Waals surface area contributed by atoms with Crippen LogP contribution in [0.4, 0.5) is 11.8 Å². The van der Waals surface area contributed by atoms with Crippen molar-refractivity contribution in [2.45, 2.75) is 26.6 Å². The number of hydrogen-bond acceptors (Lipinski definition) is 9. The van der Waals surface area contributed by atoms with Gasteiger partial charge in [-0.2, -0.15) is 4.98 Å². The van der Waals surface area contributed by atoms with Crippen molar-refractivity contribution >= 4 is 17.7 Å². The molecule has 0 amide bonds. The summed E-state index contributed by atoms with van der Waals surface area (Å²) in [6.45, 7) is 1.67. The second-order valence-electron chi connectivity index (χ2n) is 8.16. The van der Waals surface area contributed by atoms with Crippen molar-refractivity contribution in [3.05, 3.63) is 105 Å². The van der Waals surface area contributed by atoms with E-state index in [1.54, 1.807) is 74.0 Å². The molecule has 11 nitrogen and oxygen atoms in total. The lowest BCUT2D eigenvalue weighted by Crippen LogP contribution is -2.43. The van der Waals surface area contributed by atoms with E-state index in [1.807, 2.05) is 0 Å². The fourth-order valence-electron chi connectivity index (χ4n) is 3.64. The number of aromatic nitrogens is 4. The first kappa shape index (κ1) is 25.2. The van der Waals surface area contributed by atoms with Crippen molar-refractivity contribution in [1.29, 1.82) is 0 Å². The van der Waals surface area contributed by atoms with Crippen molar-refractivity contribution in [3.63, 3.8) is 0 Å². The Hall–Kier alpha value is -4.93. The number of nitrogens with zero attached hydrogens (tertiary/aromatic N) is 4. The Balaban J connectivity index is 1.69. The molecule has 2 aromatic heterocycles. The number of nitrogens with two attached hydrogens (primary N) is 1. The van der Waals surface area contributed by atoms with Crippen LogP contribution in [0.25, 0.3) is 0 Å². The van der Waals surface area contributed by atoms with E-state index < -0.39 is 17.3 Å². The van der Waals surface area contributed by atoms with Crippen LogP contribution >= 0.6 is 0 Å². The normalized spacial score (nSPS) is 10.6. The number of methoxy groups -OCH3 is 1. The number of nitrogen functional groups attached to an aromatic ring is 1. The van der Waals surface area contributed by atoms with Gasteiger partial charge in [0.1, 0.15) is 17.3 Å². The van der Waals surface area contributed by atoms with E-state index in [0.29, 0.717) is 22.9 Å². The predicted molar refractivity (Wildman–Crippen MR) is 138 cm³/mol. The van der Waals surface area contributed by atoms with E-state index in [2.05, 4.69) is 15.3 Å². The highest BCUT2D eigenvalue weighted by atomic mass is 16.5. The van der Waals surface area contributed by atoms with Gasteiger partial charge in [0, 0.05) is 25.2 Å². The first-order valence-electron chi connectivity index (χ1n) is 11.4. The van der Waals surface area contributed by atoms with Crippen LogP contribution in [0.2, 0.25) is 0 Å². The lowest BCUT2D eigenvalue weighted by Gasteiger charge is -2.16. The maximum Gasteiger partial charge on any atom is 0.355 e. The van der Waals surface area contributed by atoms with Crippen LogP contribution in [0.3, 0.4) is 0 Å². The van der Waals surface area contributed by atoms with Gasteiger partial charge >= 0.3 is 17.3 Å². The Kier molecular flexibility index (Phi) is 7.62. The molecule has 0 aliphatic rings. The van der Waals surface area contributed by atoms with Gasteiger partial charge in [-0.3, -0.25) is 9.36 Å². The number of hydrogen-bond donors (Lipinski definition) is 2. The Morgan fingerprint density at radius 3 is 2.16 bits per heavy atom. The fourth-order valence-corrected chi connectivity index (χ4v) is 3.64. The van der Waals surface area contributed by atoms with Gasteiger partial charge in [-0.1, -0.05) is 30.3 Å². The molecule has 4 rings (SSSR count). The molecule has 37 heavy (non-hydrogen) atoms. The van der Waals surface area contributed by atoms with E-state index >= 15 is 0 Å². The molecule has 0 radical (unpaired) electrons. The SMILES string of the molecule is COc1ccc(Cn2c(=O)nc(NCc3cccnc3N)n(Cc3ccc(OC(C)=O)cc3)c2=O)cc1. The molecule has 3 N–H and O–H groups in total. The molecule has 0 fully saturated rings. The number of rotatable bonds is 9. The maximum absolute atomic E-state index is 13.5. The monoisotopic (exact) mass is 502 g/mol. The Labute approximate surface area is 212 Å². The molecule has 0 atom stereocenters. The summed E-state index contributed by atoms with van der Waals surface area (Å²) in [5.41, 5.74) is 6.87. The van der Waals surface area contributed by atoms with Gasteiger partial charge in [0.25, 0.3) is 0 Å². The van der Waals surface area contributed by atoms with Gasteiger partial charge in [0.2, 0.25) is 5.95 Å². The summed E-state index contributed by atoms with van der Waals surface area (Å²) in [4.78, 5) is 45.9.